The number of amides is 2. The molecule has 1 aromatic rings. The lowest BCUT2D eigenvalue weighted by atomic mass is 9.57. The fourth-order valence-corrected chi connectivity index (χ4v) is 4.35. The minimum Gasteiger partial charge on any atom is -0.377 e. The zero-order valence-corrected chi connectivity index (χ0v) is 13.5. The van der Waals surface area contributed by atoms with E-state index in [0.29, 0.717) is 11.0 Å². The van der Waals surface area contributed by atoms with Gasteiger partial charge >= 0.3 is 6.03 Å². The Hall–Kier alpha value is -1.21. The summed E-state index contributed by atoms with van der Waals surface area (Å²) in [4.78, 5) is 12.1. The maximum absolute atomic E-state index is 12.1. The van der Waals surface area contributed by atoms with E-state index in [2.05, 4.69) is 41.6 Å². The molecule has 0 spiro atoms. The van der Waals surface area contributed by atoms with Gasteiger partial charge in [0.1, 0.15) is 5.01 Å². The predicted molar refractivity (Wildman–Crippen MR) is 81.5 cm³/mol. The number of hydrogen-bond acceptors (Lipinski definition) is 5. The second kappa shape index (κ2) is 5.53. The highest BCUT2D eigenvalue weighted by atomic mass is 32.1. The molecule has 6 nitrogen and oxygen atoms in total. The van der Waals surface area contributed by atoms with E-state index in [-0.39, 0.29) is 23.6 Å². The van der Waals surface area contributed by atoms with Crippen LogP contribution in [0.2, 0.25) is 0 Å². The summed E-state index contributed by atoms with van der Waals surface area (Å²) in [5.74, 6) is 0.441. The van der Waals surface area contributed by atoms with Gasteiger partial charge < -0.3 is 10.1 Å². The van der Waals surface area contributed by atoms with Crippen LogP contribution < -0.4 is 10.6 Å². The van der Waals surface area contributed by atoms with Crippen molar-refractivity contribution >= 4 is 22.5 Å². The summed E-state index contributed by atoms with van der Waals surface area (Å²) in [6.45, 7) is 7.19. The van der Waals surface area contributed by atoms with E-state index in [1.165, 1.54) is 11.3 Å². The molecule has 0 radical (unpaired) electrons. The van der Waals surface area contributed by atoms with Crippen molar-refractivity contribution in [2.75, 3.05) is 11.9 Å². The molecular weight excluding hydrogens is 288 g/mol. The first-order chi connectivity index (χ1) is 10.0. The average molecular weight is 310 g/mol. The first-order valence-electron chi connectivity index (χ1n) is 7.54. The molecule has 1 aliphatic carbocycles. The summed E-state index contributed by atoms with van der Waals surface area (Å²) in [5.41, 5.74) is -0.00694. The monoisotopic (exact) mass is 310 g/mol. The van der Waals surface area contributed by atoms with E-state index < -0.39 is 0 Å². The summed E-state index contributed by atoms with van der Waals surface area (Å²) in [6.07, 6.45) is 3.23. The second-order valence-electron chi connectivity index (χ2n) is 6.39. The van der Waals surface area contributed by atoms with Gasteiger partial charge in [-0.15, -0.1) is 10.2 Å². The number of nitrogens with one attached hydrogen (secondary N) is 2. The lowest BCUT2D eigenvalue weighted by Gasteiger charge is -2.54. The number of anilines is 1. The van der Waals surface area contributed by atoms with E-state index >= 15 is 0 Å². The van der Waals surface area contributed by atoms with E-state index in [0.717, 1.165) is 30.9 Å². The molecule has 116 valence electrons. The molecule has 2 amide bonds. The van der Waals surface area contributed by atoms with Gasteiger partial charge in [0.25, 0.3) is 0 Å². The van der Waals surface area contributed by atoms with Crippen LogP contribution in [0.15, 0.2) is 0 Å². The summed E-state index contributed by atoms with van der Waals surface area (Å²) in [5, 5.41) is 15.5. The summed E-state index contributed by atoms with van der Waals surface area (Å²) >= 11 is 1.44. The van der Waals surface area contributed by atoms with Crippen molar-refractivity contribution < 1.29 is 9.53 Å². The van der Waals surface area contributed by atoms with Crippen molar-refractivity contribution in [3.05, 3.63) is 5.01 Å². The molecule has 0 unspecified atom stereocenters. The van der Waals surface area contributed by atoms with Crippen LogP contribution >= 0.6 is 11.3 Å². The number of aryl methyl sites for hydroxylation is 1. The number of hydrogen-bond donors (Lipinski definition) is 2. The Morgan fingerprint density at radius 1 is 1.48 bits per heavy atom. The lowest BCUT2D eigenvalue weighted by molar-refractivity contribution is -0.107. The number of ether oxygens (including phenoxy) is 1. The van der Waals surface area contributed by atoms with Crippen LogP contribution in [-0.2, 0) is 11.2 Å². The van der Waals surface area contributed by atoms with Crippen LogP contribution in [0, 0.1) is 11.3 Å². The van der Waals surface area contributed by atoms with Crippen LogP contribution in [0.25, 0.3) is 0 Å². The smallest absolute Gasteiger partial charge is 0.321 e. The number of nitrogens with zero attached hydrogens (tertiary/aromatic N) is 2. The van der Waals surface area contributed by atoms with E-state index in [1.807, 2.05) is 0 Å². The number of fused-ring (bicyclic) bond motifs is 1. The molecule has 3 atom stereocenters. The number of urea groups is 1. The van der Waals surface area contributed by atoms with Gasteiger partial charge in [-0.05, 0) is 12.8 Å². The topological polar surface area (TPSA) is 76.1 Å². The molecule has 0 bridgehead atoms. The fraction of sp³-hybridized carbons (Fsp3) is 0.786. The first kappa shape index (κ1) is 14.7. The highest BCUT2D eigenvalue weighted by Crippen LogP contribution is 2.52. The van der Waals surface area contributed by atoms with Gasteiger partial charge in [0.15, 0.2) is 0 Å². The molecule has 1 aliphatic heterocycles. The van der Waals surface area contributed by atoms with Crippen LogP contribution in [0.1, 0.15) is 38.6 Å². The third-order valence-corrected chi connectivity index (χ3v) is 5.44. The van der Waals surface area contributed by atoms with Gasteiger partial charge in [0.2, 0.25) is 5.13 Å². The molecule has 1 saturated heterocycles. The Morgan fingerprint density at radius 3 is 3.05 bits per heavy atom. The number of rotatable bonds is 4. The van der Waals surface area contributed by atoms with Crippen LogP contribution in [0.3, 0.4) is 0 Å². The van der Waals surface area contributed by atoms with Gasteiger partial charge in [0, 0.05) is 30.4 Å². The highest BCUT2D eigenvalue weighted by molar-refractivity contribution is 7.15. The third kappa shape index (κ3) is 2.64. The van der Waals surface area contributed by atoms with Gasteiger partial charge in [-0.2, -0.15) is 0 Å². The summed E-state index contributed by atoms with van der Waals surface area (Å²) in [7, 11) is 0. The maximum Gasteiger partial charge on any atom is 0.321 e. The Morgan fingerprint density at radius 2 is 2.29 bits per heavy atom. The Balaban J connectivity index is 1.56. The second-order valence-corrected chi connectivity index (χ2v) is 7.45. The predicted octanol–water partition coefficient (Wildman–Crippen LogP) is 2.43. The molecule has 7 heteroatoms. The summed E-state index contributed by atoms with van der Waals surface area (Å²) in [6, 6.07) is -0.0364. The molecule has 0 aromatic carbocycles. The Bertz CT molecular complexity index is 531. The molecule has 3 rings (SSSR count). The highest BCUT2D eigenvalue weighted by Gasteiger charge is 2.59. The van der Waals surface area contributed by atoms with Gasteiger partial charge in [0.05, 0.1) is 6.10 Å². The first-order valence-corrected chi connectivity index (χ1v) is 8.35. The minimum atomic E-state index is -0.197. The zero-order valence-electron chi connectivity index (χ0n) is 12.7. The summed E-state index contributed by atoms with van der Waals surface area (Å²) < 4.78 is 5.74. The zero-order chi connectivity index (χ0) is 15.0. The van der Waals surface area contributed by atoms with Crippen molar-refractivity contribution in [1.82, 2.24) is 15.5 Å². The van der Waals surface area contributed by atoms with Crippen molar-refractivity contribution in [1.29, 1.82) is 0 Å². The van der Waals surface area contributed by atoms with Crippen molar-refractivity contribution in [3.8, 4) is 0 Å². The Labute approximate surface area is 128 Å². The van der Waals surface area contributed by atoms with E-state index in [1.54, 1.807) is 0 Å². The van der Waals surface area contributed by atoms with Crippen molar-refractivity contribution in [2.45, 2.75) is 52.2 Å². The molecule has 1 aromatic heterocycles. The number of carbonyl (C=O) groups excluding carboxylic acids is 1. The SMILES string of the molecule is CCCc1nnc(NC(=O)N[C@@H]2[C@H]3CCO[C@H]3C2(C)C)s1. The number of carbonyl (C=O) groups is 1. The molecule has 2 heterocycles. The molecule has 2 fully saturated rings. The van der Waals surface area contributed by atoms with Gasteiger partial charge in [-0.3, -0.25) is 5.32 Å². The third-order valence-electron chi connectivity index (χ3n) is 4.54. The molecule has 2 N–H and O–H groups in total. The van der Waals surface area contributed by atoms with Gasteiger partial charge in [-0.25, -0.2) is 4.79 Å². The van der Waals surface area contributed by atoms with Crippen molar-refractivity contribution in [2.24, 2.45) is 11.3 Å². The lowest BCUT2D eigenvalue weighted by Crippen LogP contribution is -2.67. The molecular formula is C14H22N4O2S. The minimum absolute atomic E-state index is 0.00694. The van der Waals surface area contributed by atoms with Gasteiger partial charge in [-0.1, -0.05) is 32.1 Å². The quantitative estimate of drug-likeness (QED) is 0.895. The molecule has 2 aliphatic rings. The van der Waals surface area contributed by atoms with E-state index in [9.17, 15) is 4.79 Å². The van der Waals surface area contributed by atoms with Crippen LogP contribution in [0.4, 0.5) is 9.93 Å². The van der Waals surface area contributed by atoms with Crippen LogP contribution in [-0.4, -0.2) is 35.0 Å². The fourth-order valence-electron chi connectivity index (χ4n) is 3.51. The standard InChI is InChI=1S/C14H22N4O2S/c1-4-5-9-17-18-13(21-9)16-12(19)15-10-8-6-7-20-11(8)14(10,2)3/h8,10-11H,4-7H2,1-3H3,(H2,15,16,18,19)/t8-,10-,11-/m1/s1. The van der Waals surface area contributed by atoms with Crippen molar-refractivity contribution in [3.63, 3.8) is 0 Å². The van der Waals surface area contributed by atoms with Crippen LogP contribution in [0.5, 0.6) is 0 Å². The normalized spacial score (nSPS) is 29.6. The average Bonchev–Trinajstić information content (AvgIpc) is 3.05. The maximum atomic E-state index is 12.1. The molecule has 1 saturated carbocycles. The van der Waals surface area contributed by atoms with E-state index in [4.69, 9.17) is 4.74 Å². The molecule has 21 heavy (non-hydrogen) atoms. The Kier molecular flexibility index (Phi) is 3.88. The largest absolute Gasteiger partial charge is 0.377 e. The number of aromatic nitrogens is 2.